The summed E-state index contributed by atoms with van der Waals surface area (Å²) in [5.74, 6) is 0.527. The van der Waals surface area contributed by atoms with E-state index in [-0.39, 0.29) is 23.4 Å². The summed E-state index contributed by atoms with van der Waals surface area (Å²) in [7, 11) is 0. The number of carbonyl (C=O) groups is 1. The van der Waals surface area contributed by atoms with Crippen molar-refractivity contribution in [2.45, 2.75) is 32.9 Å². The standard InChI is InChI=1S/C24H27ClN6O5/c1-3-35-24-21(22(33)23(24)34)26-9-8-19-14-30(10-11-36-19)20(32)7-5-16-4-6-18(25)12-17(16)13-31-28-15(2)27-29-31/h4-7,12,19,26H,3,8-11,13-14H2,1-2H3. The zero-order chi connectivity index (χ0) is 25.7. The number of ether oxygens (including phenoxy) is 2. The predicted octanol–water partition coefficient (Wildman–Crippen LogP) is 1.42. The van der Waals surface area contributed by atoms with Crippen molar-refractivity contribution in [2.24, 2.45) is 0 Å². The Morgan fingerprint density at radius 2 is 2.17 bits per heavy atom. The van der Waals surface area contributed by atoms with E-state index >= 15 is 0 Å². The van der Waals surface area contributed by atoms with E-state index in [0.717, 1.165) is 11.1 Å². The Morgan fingerprint density at radius 3 is 2.92 bits per heavy atom. The number of morpholine rings is 1. The van der Waals surface area contributed by atoms with E-state index in [2.05, 4.69) is 20.7 Å². The van der Waals surface area contributed by atoms with Crippen LogP contribution in [0.25, 0.3) is 6.08 Å². The zero-order valence-electron chi connectivity index (χ0n) is 20.1. The molecule has 11 nitrogen and oxygen atoms in total. The maximum absolute atomic E-state index is 12.9. The molecule has 36 heavy (non-hydrogen) atoms. The molecule has 12 heteroatoms. The van der Waals surface area contributed by atoms with Crippen LogP contribution in [0.4, 0.5) is 5.69 Å². The molecule has 1 N–H and O–H groups in total. The number of halogens is 1. The van der Waals surface area contributed by atoms with Gasteiger partial charge in [0.15, 0.2) is 11.6 Å². The normalized spacial score (nSPS) is 16.1. The van der Waals surface area contributed by atoms with Crippen molar-refractivity contribution in [2.75, 3.05) is 38.2 Å². The fourth-order valence-corrected chi connectivity index (χ4v) is 4.14. The molecule has 190 valence electrons. The molecule has 1 saturated heterocycles. The third kappa shape index (κ3) is 5.97. The summed E-state index contributed by atoms with van der Waals surface area (Å²) in [6, 6.07) is 5.42. The molecule has 1 fully saturated rings. The van der Waals surface area contributed by atoms with E-state index in [1.807, 2.05) is 12.1 Å². The van der Waals surface area contributed by atoms with Crippen LogP contribution in [0, 0.1) is 6.92 Å². The zero-order valence-corrected chi connectivity index (χ0v) is 20.8. The second-order valence-corrected chi connectivity index (χ2v) is 8.77. The molecule has 1 amide bonds. The molecule has 0 aliphatic carbocycles. The second-order valence-electron chi connectivity index (χ2n) is 8.33. The Hall–Kier alpha value is -3.57. The molecular formula is C24H27ClN6O5. The third-order valence-corrected chi connectivity index (χ3v) is 5.98. The number of nitrogens with one attached hydrogen (secondary N) is 1. The molecule has 0 spiro atoms. The van der Waals surface area contributed by atoms with Crippen LogP contribution in [0.5, 0.6) is 5.75 Å². The number of anilines is 1. The number of rotatable bonds is 10. The van der Waals surface area contributed by atoms with Gasteiger partial charge in [-0.1, -0.05) is 17.7 Å². The molecule has 3 aromatic rings. The molecule has 0 radical (unpaired) electrons. The number of amides is 1. The van der Waals surface area contributed by atoms with Gasteiger partial charge in [0.25, 0.3) is 10.9 Å². The Kier molecular flexibility index (Phi) is 8.11. The van der Waals surface area contributed by atoms with Gasteiger partial charge in [-0.25, -0.2) is 0 Å². The average molecular weight is 515 g/mol. The quantitative estimate of drug-likeness (QED) is 0.315. The minimum atomic E-state index is -0.603. The first kappa shape index (κ1) is 25.5. The maximum atomic E-state index is 12.9. The molecule has 2 heterocycles. The highest BCUT2D eigenvalue weighted by molar-refractivity contribution is 6.30. The number of aromatic nitrogens is 4. The highest BCUT2D eigenvalue weighted by atomic mass is 35.5. The molecule has 2 aromatic carbocycles. The summed E-state index contributed by atoms with van der Waals surface area (Å²) >= 11 is 6.17. The molecule has 0 saturated carbocycles. The van der Waals surface area contributed by atoms with E-state index in [9.17, 15) is 14.4 Å². The van der Waals surface area contributed by atoms with Crippen LogP contribution < -0.4 is 20.9 Å². The van der Waals surface area contributed by atoms with Gasteiger partial charge in [0, 0.05) is 30.7 Å². The topological polar surface area (TPSA) is 129 Å². The van der Waals surface area contributed by atoms with Crippen LogP contribution in [0.1, 0.15) is 30.3 Å². The number of hydrogen-bond donors (Lipinski definition) is 1. The van der Waals surface area contributed by atoms with Crippen molar-refractivity contribution in [3.63, 3.8) is 0 Å². The molecule has 0 bridgehead atoms. The van der Waals surface area contributed by atoms with Crippen molar-refractivity contribution in [1.82, 2.24) is 25.1 Å². The molecule has 1 aliphatic rings. The summed E-state index contributed by atoms with van der Waals surface area (Å²) in [6.07, 6.45) is 3.65. The van der Waals surface area contributed by atoms with Crippen LogP contribution in [-0.4, -0.2) is 70.0 Å². The number of nitrogens with zero attached hydrogens (tertiary/aromatic N) is 5. The summed E-state index contributed by atoms with van der Waals surface area (Å²) in [5, 5.41) is 15.6. The van der Waals surface area contributed by atoms with E-state index in [1.54, 1.807) is 30.9 Å². The molecule has 4 rings (SSSR count). The van der Waals surface area contributed by atoms with Crippen LogP contribution >= 0.6 is 11.6 Å². The first-order chi connectivity index (χ1) is 17.4. The van der Waals surface area contributed by atoms with Crippen LogP contribution in [0.2, 0.25) is 5.02 Å². The number of carbonyl (C=O) groups excluding carboxylic acids is 1. The van der Waals surface area contributed by atoms with Crippen molar-refractivity contribution in [3.05, 3.63) is 66.7 Å². The van der Waals surface area contributed by atoms with E-state index in [4.69, 9.17) is 21.1 Å². The van der Waals surface area contributed by atoms with Gasteiger partial charge in [0.1, 0.15) is 5.69 Å². The molecule has 1 aromatic heterocycles. The predicted molar refractivity (Wildman–Crippen MR) is 134 cm³/mol. The lowest BCUT2D eigenvalue weighted by molar-refractivity contribution is -0.133. The first-order valence-corrected chi connectivity index (χ1v) is 12.0. The maximum Gasteiger partial charge on any atom is 0.272 e. The summed E-state index contributed by atoms with van der Waals surface area (Å²) in [6.45, 7) is 5.92. The largest absolute Gasteiger partial charge is 0.488 e. The van der Waals surface area contributed by atoms with E-state index < -0.39 is 10.9 Å². The Bertz CT molecular complexity index is 1330. The minimum Gasteiger partial charge on any atom is -0.488 e. The molecule has 1 unspecified atom stereocenters. The monoisotopic (exact) mass is 514 g/mol. The minimum absolute atomic E-state index is 0.0882. The molecular weight excluding hydrogens is 488 g/mol. The van der Waals surface area contributed by atoms with Gasteiger partial charge in [-0.05, 0) is 54.8 Å². The average Bonchev–Trinajstić information content (AvgIpc) is 3.29. The second kappa shape index (κ2) is 11.4. The van der Waals surface area contributed by atoms with Crippen molar-refractivity contribution in [1.29, 1.82) is 0 Å². The lowest BCUT2D eigenvalue weighted by Crippen LogP contribution is -2.45. The Balaban J connectivity index is 1.33. The number of tetrazole rings is 1. The van der Waals surface area contributed by atoms with Gasteiger partial charge < -0.3 is 19.7 Å². The summed E-state index contributed by atoms with van der Waals surface area (Å²) in [5.41, 5.74) is 0.729. The smallest absolute Gasteiger partial charge is 0.272 e. The van der Waals surface area contributed by atoms with Crippen molar-refractivity contribution < 1.29 is 14.3 Å². The number of benzene rings is 1. The third-order valence-electron chi connectivity index (χ3n) is 5.75. The molecule has 1 atom stereocenters. The first-order valence-electron chi connectivity index (χ1n) is 11.7. The lowest BCUT2D eigenvalue weighted by atomic mass is 10.1. The summed E-state index contributed by atoms with van der Waals surface area (Å²) < 4.78 is 11.0. The van der Waals surface area contributed by atoms with Gasteiger partial charge in [0.2, 0.25) is 5.91 Å². The summed E-state index contributed by atoms with van der Waals surface area (Å²) in [4.78, 5) is 39.4. The molecule has 1 aliphatic heterocycles. The van der Waals surface area contributed by atoms with Crippen LogP contribution in [0.3, 0.4) is 0 Å². The van der Waals surface area contributed by atoms with Crippen LogP contribution in [0.15, 0.2) is 33.9 Å². The number of aryl methyl sites for hydroxylation is 1. The Labute approximate surface area is 212 Å². The number of hydrogen-bond acceptors (Lipinski definition) is 9. The fraction of sp³-hybridized carbons (Fsp3) is 0.417. The Morgan fingerprint density at radius 1 is 1.33 bits per heavy atom. The van der Waals surface area contributed by atoms with Gasteiger partial charge in [-0.2, -0.15) is 4.80 Å². The van der Waals surface area contributed by atoms with Crippen LogP contribution in [-0.2, 0) is 16.1 Å². The van der Waals surface area contributed by atoms with Crippen molar-refractivity contribution >= 4 is 29.3 Å². The van der Waals surface area contributed by atoms with Gasteiger partial charge >= 0.3 is 0 Å². The van der Waals surface area contributed by atoms with E-state index in [0.29, 0.717) is 56.7 Å². The lowest BCUT2D eigenvalue weighted by Gasteiger charge is -2.32. The van der Waals surface area contributed by atoms with Gasteiger partial charge in [-0.3, -0.25) is 14.4 Å². The SMILES string of the molecule is CCOc1c(NCCC2CN(C(=O)C=Cc3ccc(Cl)cc3Cn3nnc(C)n3)CCO2)c(=O)c1=O. The van der Waals surface area contributed by atoms with Crippen molar-refractivity contribution in [3.8, 4) is 5.75 Å². The highest BCUT2D eigenvalue weighted by Crippen LogP contribution is 2.20. The van der Waals surface area contributed by atoms with E-state index in [1.165, 1.54) is 10.9 Å². The van der Waals surface area contributed by atoms with Gasteiger partial charge in [-0.15, -0.1) is 10.2 Å². The fourth-order valence-electron chi connectivity index (χ4n) is 3.95. The highest BCUT2D eigenvalue weighted by Gasteiger charge is 2.25. The van der Waals surface area contributed by atoms with Gasteiger partial charge in [0.05, 0.1) is 25.9 Å².